The Morgan fingerprint density at radius 2 is 1.71 bits per heavy atom. The summed E-state index contributed by atoms with van der Waals surface area (Å²) in [7, 11) is -4.97. The molecule has 1 saturated heterocycles. The summed E-state index contributed by atoms with van der Waals surface area (Å²) in [5.41, 5.74) is 0.896. The van der Waals surface area contributed by atoms with Crippen LogP contribution in [0.4, 0.5) is 0 Å². The second-order valence-electron chi connectivity index (χ2n) is 5.28. The van der Waals surface area contributed by atoms with Crippen LogP contribution in [-0.4, -0.2) is 44.9 Å². The SMILES string of the molecule is CN(Cc1ccc(Br)cc1)S(=O)(=O)C1CCS(=O)(=O)CC1. The van der Waals surface area contributed by atoms with E-state index >= 15 is 0 Å². The van der Waals surface area contributed by atoms with Gasteiger partial charge in [0.25, 0.3) is 0 Å². The summed E-state index contributed by atoms with van der Waals surface area (Å²) in [6, 6.07) is 7.45. The van der Waals surface area contributed by atoms with Gasteiger partial charge in [-0.05, 0) is 30.5 Å². The number of benzene rings is 1. The first-order valence-corrected chi connectivity index (χ1v) is 10.7. The Morgan fingerprint density at radius 1 is 1.19 bits per heavy atom. The fourth-order valence-electron chi connectivity index (χ4n) is 2.36. The number of rotatable bonds is 4. The Balaban J connectivity index is 2.07. The molecule has 1 aromatic carbocycles. The van der Waals surface area contributed by atoms with Gasteiger partial charge in [-0.3, -0.25) is 0 Å². The minimum absolute atomic E-state index is 0.0387. The number of halogens is 1. The van der Waals surface area contributed by atoms with Crippen molar-refractivity contribution in [3.8, 4) is 0 Å². The van der Waals surface area contributed by atoms with E-state index in [-0.39, 0.29) is 24.3 Å². The van der Waals surface area contributed by atoms with Crippen molar-refractivity contribution in [1.82, 2.24) is 4.31 Å². The molecule has 0 atom stereocenters. The minimum atomic E-state index is -3.46. The van der Waals surface area contributed by atoms with Gasteiger partial charge >= 0.3 is 0 Å². The van der Waals surface area contributed by atoms with Gasteiger partial charge in [-0.25, -0.2) is 21.1 Å². The molecule has 8 heteroatoms. The van der Waals surface area contributed by atoms with Crippen LogP contribution in [0.1, 0.15) is 18.4 Å². The van der Waals surface area contributed by atoms with Crippen LogP contribution >= 0.6 is 15.9 Å². The molecule has 21 heavy (non-hydrogen) atoms. The lowest BCUT2D eigenvalue weighted by Crippen LogP contribution is -2.40. The Kier molecular flexibility index (Phi) is 5.12. The lowest BCUT2D eigenvalue weighted by molar-refractivity contribution is 0.448. The van der Waals surface area contributed by atoms with Gasteiger partial charge in [0.2, 0.25) is 10.0 Å². The average Bonchev–Trinajstić information content (AvgIpc) is 2.41. The molecule has 1 fully saturated rings. The van der Waals surface area contributed by atoms with Crippen LogP contribution in [0, 0.1) is 0 Å². The third-order valence-electron chi connectivity index (χ3n) is 3.68. The Morgan fingerprint density at radius 3 is 2.24 bits per heavy atom. The summed E-state index contributed by atoms with van der Waals surface area (Å²) in [6.07, 6.45) is 0.380. The van der Waals surface area contributed by atoms with Crippen molar-refractivity contribution < 1.29 is 16.8 Å². The third kappa shape index (κ3) is 4.28. The molecule has 0 unspecified atom stereocenters. The Bertz CT molecular complexity index is 684. The van der Waals surface area contributed by atoms with Crippen molar-refractivity contribution in [3.63, 3.8) is 0 Å². The molecule has 0 spiro atoms. The monoisotopic (exact) mass is 395 g/mol. The zero-order chi connectivity index (χ0) is 15.7. The van der Waals surface area contributed by atoms with Crippen LogP contribution in [0.5, 0.6) is 0 Å². The van der Waals surface area contributed by atoms with Crippen molar-refractivity contribution in [2.45, 2.75) is 24.6 Å². The molecule has 1 heterocycles. The maximum absolute atomic E-state index is 12.5. The molecule has 5 nitrogen and oxygen atoms in total. The fraction of sp³-hybridized carbons (Fsp3) is 0.538. The van der Waals surface area contributed by atoms with Gasteiger partial charge in [0, 0.05) is 18.1 Å². The molecule has 0 amide bonds. The number of sulfone groups is 1. The molecular formula is C13H18BrNO4S2. The van der Waals surface area contributed by atoms with Crippen molar-refractivity contribution in [2.75, 3.05) is 18.6 Å². The van der Waals surface area contributed by atoms with E-state index in [0.717, 1.165) is 10.0 Å². The molecule has 2 rings (SSSR count). The second-order valence-corrected chi connectivity index (χ2v) is 10.8. The Hall–Kier alpha value is -0.440. The van der Waals surface area contributed by atoms with Gasteiger partial charge in [-0.2, -0.15) is 0 Å². The average molecular weight is 396 g/mol. The normalized spacial score (nSPS) is 19.8. The molecule has 0 aromatic heterocycles. The van der Waals surface area contributed by atoms with Gasteiger partial charge in [0.1, 0.15) is 9.84 Å². The smallest absolute Gasteiger partial charge is 0.217 e. The van der Waals surface area contributed by atoms with Gasteiger partial charge < -0.3 is 0 Å². The van der Waals surface area contributed by atoms with E-state index in [4.69, 9.17) is 0 Å². The van der Waals surface area contributed by atoms with E-state index in [1.807, 2.05) is 24.3 Å². The van der Waals surface area contributed by atoms with E-state index in [1.165, 1.54) is 4.31 Å². The summed E-state index contributed by atoms with van der Waals surface area (Å²) in [4.78, 5) is 0. The molecule has 0 radical (unpaired) electrons. The van der Waals surface area contributed by atoms with Crippen LogP contribution in [0.2, 0.25) is 0 Å². The molecule has 1 aromatic rings. The molecule has 1 aliphatic rings. The van der Waals surface area contributed by atoms with E-state index in [0.29, 0.717) is 6.54 Å². The van der Waals surface area contributed by atoms with E-state index in [9.17, 15) is 16.8 Å². The van der Waals surface area contributed by atoms with Crippen LogP contribution in [0.15, 0.2) is 28.7 Å². The van der Waals surface area contributed by atoms with E-state index in [2.05, 4.69) is 15.9 Å². The van der Waals surface area contributed by atoms with Crippen LogP contribution < -0.4 is 0 Å². The number of hydrogen-bond acceptors (Lipinski definition) is 4. The lowest BCUT2D eigenvalue weighted by atomic mass is 10.2. The highest BCUT2D eigenvalue weighted by Gasteiger charge is 2.35. The second kappa shape index (κ2) is 6.36. The van der Waals surface area contributed by atoms with Crippen molar-refractivity contribution in [2.24, 2.45) is 0 Å². The number of nitrogens with zero attached hydrogens (tertiary/aromatic N) is 1. The van der Waals surface area contributed by atoms with Gasteiger partial charge in [0.05, 0.1) is 16.8 Å². The van der Waals surface area contributed by atoms with Gasteiger partial charge in [0.15, 0.2) is 0 Å². The van der Waals surface area contributed by atoms with E-state index < -0.39 is 25.1 Å². The zero-order valence-electron chi connectivity index (χ0n) is 11.7. The Labute approximate surface area is 134 Å². The summed E-state index contributed by atoms with van der Waals surface area (Å²) in [5, 5.41) is -0.596. The zero-order valence-corrected chi connectivity index (χ0v) is 14.9. The number of sulfonamides is 1. The molecule has 0 saturated carbocycles. The lowest BCUT2D eigenvalue weighted by Gasteiger charge is -2.27. The van der Waals surface area contributed by atoms with Crippen LogP contribution in [0.3, 0.4) is 0 Å². The minimum Gasteiger partial charge on any atom is -0.229 e. The highest BCUT2D eigenvalue weighted by Crippen LogP contribution is 2.23. The summed E-state index contributed by atoms with van der Waals surface area (Å²) >= 11 is 3.34. The van der Waals surface area contributed by atoms with Crippen molar-refractivity contribution >= 4 is 35.8 Å². The molecule has 118 valence electrons. The van der Waals surface area contributed by atoms with Crippen molar-refractivity contribution in [1.29, 1.82) is 0 Å². The molecule has 0 N–H and O–H groups in total. The maximum atomic E-state index is 12.5. The fourth-order valence-corrected chi connectivity index (χ4v) is 6.08. The number of hydrogen-bond donors (Lipinski definition) is 0. The predicted octanol–water partition coefficient (Wildman–Crippen LogP) is 1.79. The summed E-state index contributed by atoms with van der Waals surface area (Å²) < 4.78 is 50.0. The predicted molar refractivity (Wildman–Crippen MR) is 86.2 cm³/mol. The van der Waals surface area contributed by atoms with Crippen molar-refractivity contribution in [3.05, 3.63) is 34.3 Å². The van der Waals surface area contributed by atoms with Crippen LogP contribution in [0.25, 0.3) is 0 Å². The molecule has 0 aliphatic carbocycles. The highest BCUT2D eigenvalue weighted by molar-refractivity contribution is 9.10. The standard InChI is InChI=1S/C13H18BrNO4S2/c1-15(10-11-2-4-12(14)5-3-11)21(18,19)13-6-8-20(16,17)9-7-13/h2-5,13H,6-10H2,1H3. The van der Waals surface area contributed by atoms with Crippen LogP contribution in [-0.2, 0) is 26.4 Å². The quantitative estimate of drug-likeness (QED) is 0.778. The van der Waals surface area contributed by atoms with E-state index in [1.54, 1.807) is 7.05 Å². The largest absolute Gasteiger partial charge is 0.229 e. The maximum Gasteiger partial charge on any atom is 0.217 e. The molecule has 0 bridgehead atoms. The first kappa shape index (κ1) is 16.9. The molecule has 1 aliphatic heterocycles. The van der Waals surface area contributed by atoms with Gasteiger partial charge in [-0.15, -0.1) is 0 Å². The molecular weight excluding hydrogens is 378 g/mol. The van der Waals surface area contributed by atoms with Gasteiger partial charge in [-0.1, -0.05) is 28.1 Å². The first-order valence-electron chi connectivity index (χ1n) is 6.61. The topological polar surface area (TPSA) is 71.5 Å². The third-order valence-corrected chi connectivity index (χ3v) is 8.23. The summed E-state index contributed by atoms with van der Waals surface area (Å²) in [6.45, 7) is 0.291. The highest BCUT2D eigenvalue weighted by atomic mass is 79.9. The summed E-state index contributed by atoms with van der Waals surface area (Å²) in [5.74, 6) is -0.0773. The first-order chi connectivity index (χ1) is 9.71.